The molecular formula is C17H23N3O2. The smallest absolute Gasteiger partial charge is 0.152 e. The standard InChI is InChI=1S/C17H23N3O2/c1-18-6-8-19(9-7-18)11-15(22)12-20-10-14(13-21)16-4-2-3-5-17(16)20/h2-5,10,13,15,22H,6-9,11-12H2,1H3. The molecule has 5 heteroatoms. The van der Waals surface area contributed by atoms with E-state index in [0.29, 0.717) is 18.7 Å². The molecule has 1 aromatic carbocycles. The number of rotatable bonds is 5. The predicted molar refractivity (Wildman–Crippen MR) is 87.3 cm³/mol. The molecule has 0 saturated carbocycles. The zero-order valence-electron chi connectivity index (χ0n) is 13.0. The molecule has 1 unspecified atom stereocenters. The summed E-state index contributed by atoms with van der Waals surface area (Å²) >= 11 is 0. The summed E-state index contributed by atoms with van der Waals surface area (Å²) < 4.78 is 1.99. The minimum absolute atomic E-state index is 0.432. The second-order valence-electron chi connectivity index (χ2n) is 6.13. The Morgan fingerprint density at radius 1 is 1.18 bits per heavy atom. The van der Waals surface area contributed by atoms with Crippen LogP contribution in [-0.2, 0) is 6.54 Å². The predicted octanol–water partition coefficient (Wildman–Crippen LogP) is 1.06. The van der Waals surface area contributed by atoms with Crippen LogP contribution in [0.25, 0.3) is 10.9 Å². The Kier molecular flexibility index (Phi) is 4.57. The van der Waals surface area contributed by atoms with Crippen molar-refractivity contribution >= 4 is 17.2 Å². The minimum atomic E-state index is -0.432. The normalized spacial score (nSPS) is 18.6. The van der Waals surface area contributed by atoms with Gasteiger partial charge in [-0.1, -0.05) is 18.2 Å². The summed E-state index contributed by atoms with van der Waals surface area (Å²) in [5.41, 5.74) is 1.68. The number of β-amino-alcohol motifs (C(OH)–C–C–N with tert-alkyl or cyclic N) is 1. The highest BCUT2D eigenvalue weighted by molar-refractivity contribution is 5.97. The number of aldehydes is 1. The third-order valence-electron chi connectivity index (χ3n) is 4.42. The van der Waals surface area contributed by atoms with Crippen LogP contribution in [0.3, 0.4) is 0 Å². The lowest BCUT2D eigenvalue weighted by Crippen LogP contribution is -2.47. The van der Waals surface area contributed by atoms with Gasteiger partial charge >= 0.3 is 0 Å². The summed E-state index contributed by atoms with van der Waals surface area (Å²) in [5, 5.41) is 11.3. The zero-order valence-corrected chi connectivity index (χ0v) is 13.0. The number of likely N-dealkylation sites (N-methyl/N-ethyl adjacent to an activating group) is 1. The van der Waals surface area contributed by atoms with Gasteiger partial charge in [-0.15, -0.1) is 0 Å². The van der Waals surface area contributed by atoms with Crippen LogP contribution in [0.4, 0.5) is 0 Å². The van der Waals surface area contributed by atoms with Crippen LogP contribution in [0, 0.1) is 0 Å². The first-order chi connectivity index (χ1) is 10.7. The van der Waals surface area contributed by atoms with Gasteiger partial charge in [-0.2, -0.15) is 0 Å². The highest BCUT2D eigenvalue weighted by atomic mass is 16.3. The lowest BCUT2D eigenvalue weighted by atomic mass is 10.2. The fourth-order valence-electron chi connectivity index (χ4n) is 3.13. The van der Waals surface area contributed by atoms with Gasteiger partial charge in [-0.25, -0.2) is 0 Å². The van der Waals surface area contributed by atoms with Crippen LogP contribution in [0.1, 0.15) is 10.4 Å². The highest BCUT2D eigenvalue weighted by Crippen LogP contribution is 2.20. The number of carbonyl (C=O) groups excluding carboxylic acids is 1. The van der Waals surface area contributed by atoms with Crippen molar-refractivity contribution < 1.29 is 9.90 Å². The summed E-state index contributed by atoms with van der Waals surface area (Å²) in [4.78, 5) is 15.8. The van der Waals surface area contributed by atoms with E-state index < -0.39 is 6.10 Å². The third-order valence-corrected chi connectivity index (χ3v) is 4.42. The van der Waals surface area contributed by atoms with E-state index in [4.69, 9.17) is 0 Å². The van der Waals surface area contributed by atoms with E-state index in [-0.39, 0.29) is 0 Å². The molecule has 1 aromatic heterocycles. The summed E-state index contributed by atoms with van der Waals surface area (Å²) in [7, 11) is 2.13. The van der Waals surface area contributed by atoms with E-state index in [0.717, 1.165) is 43.4 Å². The SMILES string of the molecule is CN1CCN(CC(O)Cn2cc(C=O)c3ccccc32)CC1. The summed E-state index contributed by atoms with van der Waals surface area (Å²) in [5.74, 6) is 0. The van der Waals surface area contributed by atoms with E-state index in [1.165, 1.54) is 0 Å². The molecule has 1 saturated heterocycles. The van der Waals surface area contributed by atoms with Crippen molar-refractivity contribution in [1.82, 2.24) is 14.4 Å². The molecule has 1 aliphatic rings. The molecule has 0 aliphatic carbocycles. The molecule has 1 atom stereocenters. The van der Waals surface area contributed by atoms with Gasteiger partial charge in [0.05, 0.1) is 6.10 Å². The summed E-state index contributed by atoms with van der Waals surface area (Å²) in [6.07, 6.45) is 2.29. The van der Waals surface area contributed by atoms with Crippen LogP contribution in [0.15, 0.2) is 30.5 Å². The Balaban J connectivity index is 1.69. The first-order valence-electron chi connectivity index (χ1n) is 7.79. The summed E-state index contributed by atoms with van der Waals surface area (Å²) in [6, 6.07) is 7.83. The second-order valence-corrected chi connectivity index (χ2v) is 6.13. The van der Waals surface area contributed by atoms with Gasteiger partial charge in [-0.05, 0) is 13.1 Å². The highest BCUT2D eigenvalue weighted by Gasteiger charge is 2.18. The number of fused-ring (bicyclic) bond motifs is 1. The molecule has 1 fully saturated rings. The monoisotopic (exact) mass is 301 g/mol. The fourth-order valence-corrected chi connectivity index (χ4v) is 3.13. The molecule has 3 rings (SSSR count). The van der Waals surface area contributed by atoms with Gasteiger partial charge in [0.15, 0.2) is 6.29 Å². The van der Waals surface area contributed by atoms with Crippen molar-refractivity contribution in [2.24, 2.45) is 0 Å². The van der Waals surface area contributed by atoms with Crippen LogP contribution in [0.2, 0.25) is 0 Å². The molecule has 0 amide bonds. The van der Waals surface area contributed by atoms with Crippen molar-refractivity contribution in [1.29, 1.82) is 0 Å². The number of carbonyl (C=O) groups is 1. The van der Waals surface area contributed by atoms with E-state index in [2.05, 4.69) is 16.8 Å². The van der Waals surface area contributed by atoms with Crippen molar-refractivity contribution in [3.05, 3.63) is 36.0 Å². The number of hydrogen-bond acceptors (Lipinski definition) is 4. The topological polar surface area (TPSA) is 48.7 Å². The summed E-state index contributed by atoms with van der Waals surface area (Å²) in [6.45, 7) is 5.29. The maximum Gasteiger partial charge on any atom is 0.152 e. The molecule has 0 spiro atoms. The fraction of sp³-hybridized carbons (Fsp3) is 0.471. The van der Waals surface area contributed by atoms with Crippen LogP contribution < -0.4 is 0 Å². The Labute approximate surface area is 130 Å². The number of aliphatic hydroxyl groups is 1. The number of benzene rings is 1. The Morgan fingerprint density at radius 3 is 2.64 bits per heavy atom. The van der Waals surface area contributed by atoms with Crippen molar-refractivity contribution in [2.75, 3.05) is 39.8 Å². The minimum Gasteiger partial charge on any atom is -0.390 e. The lowest BCUT2D eigenvalue weighted by Gasteiger charge is -2.33. The van der Waals surface area contributed by atoms with Crippen LogP contribution >= 0.6 is 0 Å². The molecule has 0 radical (unpaired) electrons. The Morgan fingerprint density at radius 2 is 1.91 bits per heavy atom. The van der Waals surface area contributed by atoms with Crippen LogP contribution in [-0.4, -0.2) is 71.6 Å². The average molecular weight is 301 g/mol. The van der Waals surface area contributed by atoms with E-state index in [9.17, 15) is 9.90 Å². The van der Waals surface area contributed by atoms with Gasteiger partial charge in [-0.3, -0.25) is 9.69 Å². The third kappa shape index (κ3) is 3.21. The molecule has 118 valence electrons. The van der Waals surface area contributed by atoms with Gasteiger partial charge in [0.25, 0.3) is 0 Å². The molecule has 2 heterocycles. The number of aromatic nitrogens is 1. The van der Waals surface area contributed by atoms with Crippen molar-refractivity contribution in [3.8, 4) is 0 Å². The van der Waals surface area contributed by atoms with Crippen molar-refractivity contribution in [3.63, 3.8) is 0 Å². The molecule has 1 aliphatic heterocycles. The van der Waals surface area contributed by atoms with E-state index in [1.807, 2.05) is 35.0 Å². The molecule has 22 heavy (non-hydrogen) atoms. The molecule has 1 N–H and O–H groups in total. The Hall–Kier alpha value is -1.69. The maximum atomic E-state index is 11.2. The first kappa shape index (κ1) is 15.2. The number of nitrogens with zero attached hydrogens (tertiary/aromatic N) is 3. The first-order valence-corrected chi connectivity index (χ1v) is 7.79. The van der Waals surface area contributed by atoms with Crippen LogP contribution in [0.5, 0.6) is 0 Å². The number of hydrogen-bond donors (Lipinski definition) is 1. The quantitative estimate of drug-likeness (QED) is 0.839. The van der Waals surface area contributed by atoms with E-state index >= 15 is 0 Å². The largest absolute Gasteiger partial charge is 0.390 e. The van der Waals surface area contributed by atoms with Gasteiger partial charge in [0, 0.05) is 61.9 Å². The lowest BCUT2D eigenvalue weighted by molar-refractivity contribution is 0.0717. The second kappa shape index (κ2) is 6.60. The molecular weight excluding hydrogens is 278 g/mol. The van der Waals surface area contributed by atoms with Gasteiger partial charge < -0.3 is 14.6 Å². The van der Waals surface area contributed by atoms with E-state index in [1.54, 1.807) is 0 Å². The number of piperazine rings is 1. The molecule has 5 nitrogen and oxygen atoms in total. The van der Waals surface area contributed by atoms with Gasteiger partial charge in [0.2, 0.25) is 0 Å². The molecule has 0 bridgehead atoms. The van der Waals surface area contributed by atoms with Gasteiger partial charge in [0.1, 0.15) is 0 Å². The van der Waals surface area contributed by atoms with Crippen molar-refractivity contribution in [2.45, 2.75) is 12.6 Å². The number of aliphatic hydroxyl groups excluding tert-OH is 1. The number of para-hydroxylation sites is 1. The zero-order chi connectivity index (χ0) is 15.5. The molecule has 2 aromatic rings. The average Bonchev–Trinajstić information content (AvgIpc) is 2.88. The maximum absolute atomic E-state index is 11.2. The Bertz CT molecular complexity index is 644.